The van der Waals surface area contributed by atoms with Crippen LogP contribution >= 0.6 is 0 Å². The summed E-state index contributed by atoms with van der Waals surface area (Å²) in [6.45, 7) is 4.92. The third-order valence-corrected chi connectivity index (χ3v) is 3.18. The minimum atomic E-state index is 0.200. The van der Waals surface area contributed by atoms with E-state index in [1.54, 1.807) is 0 Å². The molecule has 2 unspecified atom stereocenters. The molecule has 1 rings (SSSR count). The Labute approximate surface area is 93.4 Å². The molecule has 0 aliphatic carbocycles. The monoisotopic (exact) mass is 212 g/mol. The van der Waals surface area contributed by atoms with Gasteiger partial charge in [0.2, 0.25) is 0 Å². The number of rotatable bonds is 7. The first-order valence-corrected chi connectivity index (χ1v) is 6.38. The summed E-state index contributed by atoms with van der Waals surface area (Å²) in [5.74, 6) is 0.627. The van der Waals surface area contributed by atoms with Crippen LogP contribution in [0.1, 0.15) is 58.8 Å². The molecule has 0 aromatic rings. The standard InChI is InChI=1S/C13H24O2/c1-3-4-5-6-7-8-13(14)12-9-11(2)15-10-12/h11-12H,3-10H2,1-2H3. The van der Waals surface area contributed by atoms with Crippen LogP contribution in [0.5, 0.6) is 0 Å². The third kappa shape index (κ3) is 4.78. The van der Waals surface area contributed by atoms with Crippen molar-refractivity contribution < 1.29 is 9.53 Å². The zero-order valence-corrected chi connectivity index (χ0v) is 10.1. The second kappa shape index (κ2) is 7.00. The molecule has 15 heavy (non-hydrogen) atoms. The van der Waals surface area contributed by atoms with Crippen LogP contribution in [0.3, 0.4) is 0 Å². The highest BCUT2D eigenvalue weighted by Gasteiger charge is 2.27. The van der Waals surface area contributed by atoms with Crippen LogP contribution < -0.4 is 0 Å². The van der Waals surface area contributed by atoms with Gasteiger partial charge in [0.05, 0.1) is 12.7 Å². The summed E-state index contributed by atoms with van der Waals surface area (Å²) in [5.41, 5.74) is 0. The van der Waals surface area contributed by atoms with E-state index in [0.29, 0.717) is 18.5 Å². The lowest BCUT2D eigenvalue weighted by atomic mass is 9.96. The highest BCUT2D eigenvalue weighted by atomic mass is 16.5. The zero-order valence-electron chi connectivity index (χ0n) is 10.1. The lowest BCUT2D eigenvalue weighted by Crippen LogP contribution is -2.14. The predicted octanol–water partition coefficient (Wildman–Crippen LogP) is 3.34. The summed E-state index contributed by atoms with van der Waals surface area (Å²) >= 11 is 0. The molecule has 0 radical (unpaired) electrons. The van der Waals surface area contributed by atoms with E-state index < -0.39 is 0 Å². The fourth-order valence-electron chi connectivity index (χ4n) is 2.15. The van der Waals surface area contributed by atoms with Crippen molar-refractivity contribution in [3.8, 4) is 0 Å². The maximum absolute atomic E-state index is 11.7. The van der Waals surface area contributed by atoms with Crippen molar-refractivity contribution in [1.82, 2.24) is 0 Å². The number of hydrogen-bond donors (Lipinski definition) is 0. The number of unbranched alkanes of at least 4 members (excludes halogenated alkanes) is 4. The Balaban J connectivity index is 2.03. The summed E-state index contributed by atoms with van der Waals surface area (Å²) in [6.07, 6.45) is 8.13. The van der Waals surface area contributed by atoms with Gasteiger partial charge in [-0.25, -0.2) is 0 Å². The number of hydrogen-bond acceptors (Lipinski definition) is 2. The summed E-state index contributed by atoms with van der Waals surface area (Å²) in [5, 5.41) is 0. The van der Waals surface area contributed by atoms with E-state index in [9.17, 15) is 4.79 Å². The van der Waals surface area contributed by atoms with Crippen molar-refractivity contribution in [2.75, 3.05) is 6.61 Å². The summed E-state index contributed by atoms with van der Waals surface area (Å²) in [7, 11) is 0. The van der Waals surface area contributed by atoms with Gasteiger partial charge in [-0.15, -0.1) is 0 Å². The van der Waals surface area contributed by atoms with Gasteiger partial charge in [-0.3, -0.25) is 4.79 Å². The Bertz CT molecular complexity index is 189. The van der Waals surface area contributed by atoms with Crippen LogP contribution in [0.2, 0.25) is 0 Å². The van der Waals surface area contributed by atoms with Gasteiger partial charge in [-0.1, -0.05) is 32.6 Å². The van der Waals surface area contributed by atoms with Crippen molar-refractivity contribution in [1.29, 1.82) is 0 Å². The molecule has 1 saturated heterocycles. The zero-order chi connectivity index (χ0) is 11.1. The van der Waals surface area contributed by atoms with Crippen molar-refractivity contribution in [3.63, 3.8) is 0 Å². The van der Waals surface area contributed by atoms with Gasteiger partial charge in [0.1, 0.15) is 5.78 Å². The molecule has 2 heteroatoms. The van der Waals surface area contributed by atoms with Crippen LogP contribution in [0, 0.1) is 5.92 Å². The van der Waals surface area contributed by atoms with Gasteiger partial charge in [0, 0.05) is 12.3 Å². The number of carbonyl (C=O) groups excluding carboxylic acids is 1. The van der Waals surface area contributed by atoms with Crippen LogP contribution in [-0.2, 0) is 9.53 Å². The number of Topliss-reactive ketones (excluding diaryl/α,β-unsaturated/α-hetero) is 1. The lowest BCUT2D eigenvalue weighted by molar-refractivity contribution is -0.122. The molecule has 1 heterocycles. The maximum Gasteiger partial charge on any atom is 0.138 e. The second-order valence-corrected chi connectivity index (χ2v) is 4.71. The molecule has 88 valence electrons. The molecule has 0 spiro atoms. The van der Waals surface area contributed by atoms with Crippen molar-refractivity contribution in [2.24, 2.45) is 5.92 Å². The average molecular weight is 212 g/mol. The summed E-state index contributed by atoms with van der Waals surface area (Å²) in [6, 6.07) is 0. The Morgan fingerprint density at radius 1 is 1.27 bits per heavy atom. The fourth-order valence-corrected chi connectivity index (χ4v) is 2.15. The van der Waals surface area contributed by atoms with Crippen LogP contribution in [0.25, 0.3) is 0 Å². The minimum absolute atomic E-state index is 0.200. The number of carbonyl (C=O) groups is 1. The highest BCUT2D eigenvalue weighted by molar-refractivity contribution is 5.81. The SMILES string of the molecule is CCCCCCCC(=O)C1COC(C)C1. The molecular formula is C13H24O2. The predicted molar refractivity (Wildman–Crippen MR) is 61.9 cm³/mol. The molecular weight excluding hydrogens is 188 g/mol. The van der Waals surface area contributed by atoms with Crippen LogP contribution in [-0.4, -0.2) is 18.5 Å². The molecule has 2 nitrogen and oxygen atoms in total. The van der Waals surface area contributed by atoms with E-state index in [-0.39, 0.29) is 5.92 Å². The average Bonchev–Trinajstić information content (AvgIpc) is 2.64. The molecule has 0 amide bonds. The van der Waals surface area contributed by atoms with E-state index in [4.69, 9.17) is 4.74 Å². The summed E-state index contributed by atoms with van der Waals surface area (Å²) < 4.78 is 5.41. The smallest absolute Gasteiger partial charge is 0.138 e. The molecule has 0 aromatic carbocycles. The van der Waals surface area contributed by atoms with E-state index in [0.717, 1.165) is 19.3 Å². The van der Waals surface area contributed by atoms with Crippen LogP contribution in [0.4, 0.5) is 0 Å². The first kappa shape index (κ1) is 12.7. The van der Waals surface area contributed by atoms with Gasteiger partial charge < -0.3 is 4.74 Å². The fraction of sp³-hybridized carbons (Fsp3) is 0.923. The highest BCUT2D eigenvalue weighted by Crippen LogP contribution is 2.22. The van der Waals surface area contributed by atoms with Crippen LogP contribution in [0.15, 0.2) is 0 Å². The maximum atomic E-state index is 11.7. The largest absolute Gasteiger partial charge is 0.378 e. The molecule has 0 N–H and O–H groups in total. The lowest BCUT2D eigenvalue weighted by Gasteiger charge is -2.06. The Morgan fingerprint density at radius 2 is 2.00 bits per heavy atom. The van der Waals surface area contributed by atoms with Gasteiger partial charge in [0.25, 0.3) is 0 Å². The van der Waals surface area contributed by atoms with Gasteiger partial charge in [0.15, 0.2) is 0 Å². The molecule has 0 bridgehead atoms. The first-order chi connectivity index (χ1) is 7.24. The van der Waals surface area contributed by atoms with Crippen molar-refractivity contribution in [3.05, 3.63) is 0 Å². The van der Waals surface area contributed by atoms with Crippen molar-refractivity contribution >= 4 is 5.78 Å². The Morgan fingerprint density at radius 3 is 2.60 bits per heavy atom. The van der Waals surface area contributed by atoms with E-state index in [1.807, 2.05) is 0 Å². The minimum Gasteiger partial charge on any atom is -0.378 e. The van der Waals surface area contributed by atoms with E-state index >= 15 is 0 Å². The molecule has 0 aromatic heterocycles. The topological polar surface area (TPSA) is 26.3 Å². The van der Waals surface area contributed by atoms with Gasteiger partial charge >= 0.3 is 0 Å². The van der Waals surface area contributed by atoms with E-state index in [1.165, 1.54) is 25.7 Å². The Kier molecular flexibility index (Phi) is 5.92. The quantitative estimate of drug-likeness (QED) is 0.605. The molecule has 1 aliphatic rings. The van der Waals surface area contributed by atoms with Gasteiger partial charge in [-0.2, -0.15) is 0 Å². The Hall–Kier alpha value is -0.370. The third-order valence-electron chi connectivity index (χ3n) is 3.18. The molecule has 2 atom stereocenters. The second-order valence-electron chi connectivity index (χ2n) is 4.71. The normalized spacial score (nSPS) is 25.7. The van der Waals surface area contributed by atoms with Crippen molar-refractivity contribution in [2.45, 2.75) is 64.9 Å². The first-order valence-electron chi connectivity index (χ1n) is 6.38. The number of ether oxygens (including phenoxy) is 1. The molecule has 1 fully saturated rings. The van der Waals surface area contributed by atoms with Gasteiger partial charge in [-0.05, 0) is 19.8 Å². The molecule has 1 aliphatic heterocycles. The summed E-state index contributed by atoms with van der Waals surface area (Å²) in [4.78, 5) is 11.7. The van der Waals surface area contributed by atoms with E-state index in [2.05, 4.69) is 13.8 Å². The molecule has 0 saturated carbocycles. The number of ketones is 1.